The van der Waals surface area contributed by atoms with Crippen molar-refractivity contribution in [2.75, 3.05) is 11.6 Å². The Labute approximate surface area is 156 Å². The van der Waals surface area contributed by atoms with Crippen molar-refractivity contribution in [3.05, 3.63) is 24.3 Å². The molecule has 0 aliphatic heterocycles. The average Bonchev–Trinajstić information content (AvgIpc) is 3.01. The third-order valence-corrected chi connectivity index (χ3v) is 4.66. The number of hydrazone groups is 1. The molecule has 3 nitrogen and oxygen atoms in total. The second-order valence-electron chi connectivity index (χ2n) is 5.56. The topological polar surface area (TPSA) is 28.5 Å². The SMILES string of the molecule is C/C=N/N(CCC(F)(F)C(F)(F)C(F)(F)C(F)(F)F)c1nc2ccccc2s1. The van der Waals surface area contributed by atoms with Crippen LogP contribution in [-0.2, 0) is 0 Å². The highest BCUT2D eigenvalue weighted by molar-refractivity contribution is 7.22. The Hall–Kier alpha value is -2.05. The normalized spacial score (nSPS) is 14.2. The van der Waals surface area contributed by atoms with Gasteiger partial charge in [-0.25, -0.2) is 9.99 Å². The van der Waals surface area contributed by atoms with Crippen LogP contribution in [-0.4, -0.2) is 41.7 Å². The molecule has 0 N–H and O–H groups in total. The van der Waals surface area contributed by atoms with E-state index in [2.05, 4.69) is 10.1 Å². The molecule has 0 saturated heterocycles. The number of anilines is 1. The molecule has 0 saturated carbocycles. The Bertz CT molecular complexity index is 812. The molecule has 0 bridgehead atoms. The Morgan fingerprint density at radius 3 is 2.14 bits per heavy atom. The van der Waals surface area contributed by atoms with Crippen LogP contribution in [0.5, 0.6) is 0 Å². The summed E-state index contributed by atoms with van der Waals surface area (Å²) in [5.41, 5.74) is 0.444. The van der Waals surface area contributed by atoms with Crippen LogP contribution in [0.3, 0.4) is 0 Å². The fraction of sp³-hybridized carbons (Fsp3) is 0.467. The zero-order valence-electron chi connectivity index (χ0n) is 14.0. The molecule has 0 radical (unpaired) electrons. The highest BCUT2D eigenvalue weighted by atomic mass is 32.1. The molecule has 1 aromatic heterocycles. The third kappa shape index (κ3) is 3.89. The first-order chi connectivity index (χ1) is 12.7. The van der Waals surface area contributed by atoms with Crippen LogP contribution in [0.4, 0.5) is 44.6 Å². The van der Waals surface area contributed by atoms with Gasteiger partial charge in [0.05, 0.1) is 16.8 Å². The molecule has 156 valence electrons. The van der Waals surface area contributed by atoms with Gasteiger partial charge in [-0.05, 0) is 19.1 Å². The molecule has 2 aromatic rings. The van der Waals surface area contributed by atoms with Gasteiger partial charge >= 0.3 is 23.9 Å². The molecule has 0 spiro atoms. The standard InChI is InChI=1S/C15H12F9N3S/c1-2-25-27(11-26-9-5-3-4-6-10(9)28-11)8-7-12(16,17)13(18,19)14(20,21)15(22,23)24/h2-6H,7-8H2,1H3/b25-2+. The number of benzene rings is 1. The van der Waals surface area contributed by atoms with Gasteiger partial charge in [0.25, 0.3) is 0 Å². The summed E-state index contributed by atoms with van der Waals surface area (Å²) in [5.74, 6) is -19.2. The summed E-state index contributed by atoms with van der Waals surface area (Å²) in [6, 6.07) is 6.51. The van der Waals surface area contributed by atoms with E-state index in [1.165, 1.54) is 6.92 Å². The Balaban J connectivity index is 2.26. The second kappa shape index (κ2) is 7.41. The van der Waals surface area contributed by atoms with Gasteiger partial charge in [-0.15, -0.1) is 0 Å². The predicted molar refractivity (Wildman–Crippen MR) is 86.6 cm³/mol. The molecule has 1 aromatic carbocycles. The van der Waals surface area contributed by atoms with Crippen molar-refractivity contribution >= 4 is 32.9 Å². The Morgan fingerprint density at radius 2 is 1.61 bits per heavy atom. The number of halogens is 9. The highest BCUT2D eigenvalue weighted by Gasteiger charge is 2.81. The Kier molecular flexibility index (Phi) is 5.89. The first-order valence-electron chi connectivity index (χ1n) is 7.56. The predicted octanol–water partition coefficient (Wildman–Crippen LogP) is 5.97. The van der Waals surface area contributed by atoms with Crippen LogP contribution >= 0.6 is 11.3 Å². The van der Waals surface area contributed by atoms with E-state index in [0.29, 0.717) is 10.2 Å². The van der Waals surface area contributed by atoms with E-state index >= 15 is 0 Å². The number of thiazole rings is 1. The molecule has 0 atom stereocenters. The maximum atomic E-state index is 13.7. The second-order valence-corrected chi connectivity index (χ2v) is 6.57. The minimum absolute atomic E-state index is 0.0130. The van der Waals surface area contributed by atoms with Crippen molar-refractivity contribution < 1.29 is 39.5 Å². The van der Waals surface area contributed by atoms with Crippen LogP contribution in [0.2, 0.25) is 0 Å². The number of aromatic nitrogens is 1. The van der Waals surface area contributed by atoms with Gasteiger partial charge in [-0.1, -0.05) is 23.5 Å². The summed E-state index contributed by atoms with van der Waals surface area (Å²) in [4.78, 5) is 4.05. The van der Waals surface area contributed by atoms with Gasteiger partial charge in [0.1, 0.15) is 0 Å². The first-order valence-corrected chi connectivity index (χ1v) is 8.38. The number of hydrogen-bond acceptors (Lipinski definition) is 4. The van der Waals surface area contributed by atoms with Crippen molar-refractivity contribution in [2.45, 2.75) is 37.3 Å². The molecular formula is C15H12F9N3S. The summed E-state index contributed by atoms with van der Waals surface area (Å²) in [6.07, 6.45) is -7.75. The van der Waals surface area contributed by atoms with E-state index in [0.717, 1.165) is 22.6 Å². The van der Waals surface area contributed by atoms with Crippen LogP contribution in [0, 0.1) is 0 Å². The molecule has 0 unspecified atom stereocenters. The maximum Gasteiger partial charge on any atom is 0.460 e. The van der Waals surface area contributed by atoms with Crippen LogP contribution < -0.4 is 5.01 Å². The van der Waals surface area contributed by atoms with Gasteiger partial charge in [-0.2, -0.15) is 44.6 Å². The molecule has 28 heavy (non-hydrogen) atoms. The van der Waals surface area contributed by atoms with E-state index in [1.54, 1.807) is 24.3 Å². The quantitative estimate of drug-likeness (QED) is 0.304. The number of rotatable bonds is 7. The lowest BCUT2D eigenvalue weighted by molar-refractivity contribution is -0.396. The number of nitrogens with zero attached hydrogens (tertiary/aromatic N) is 3. The monoisotopic (exact) mass is 437 g/mol. The molecule has 13 heteroatoms. The van der Waals surface area contributed by atoms with E-state index in [-0.39, 0.29) is 5.13 Å². The number of hydrogen-bond donors (Lipinski definition) is 0. The van der Waals surface area contributed by atoms with Crippen molar-refractivity contribution in [3.63, 3.8) is 0 Å². The van der Waals surface area contributed by atoms with Crippen LogP contribution in [0.15, 0.2) is 29.4 Å². The minimum atomic E-state index is -6.90. The van der Waals surface area contributed by atoms with Crippen molar-refractivity contribution in [1.82, 2.24) is 4.98 Å². The lowest BCUT2D eigenvalue weighted by atomic mass is 10.0. The van der Waals surface area contributed by atoms with Crippen molar-refractivity contribution in [2.24, 2.45) is 5.10 Å². The molecule has 0 amide bonds. The largest absolute Gasteiger partial charge is 0.460 e. The molecule has 2 rings (SSSR count). The molecule has 0 aliphatic rings. The smallest absolute Gasteiger partial charge is 0.239 e. The first kappa shape index (κ1) is 22.2. The van der Waals surface area contributed by atoms with E-state index in [9.17, 15) is 39.5 Å². The van der Waals surface area contributed by atoms with Gasteiger partial charge in [-0.3, -0.25) is 0 Å². The molecule has 0 fully saturated rings. The fourth-order valence-electron chi connectivity index (χ4n) is 2.12. The molecule has 1 heterocycles. The fourth-order valence-corrected chi connectivity index (χ4v) is 3.07. The maximum absolute atomic E-state index is 13.7. The average molecular weight is 437 g/mol. The number of para-hydroxylation sites is 1. The van der Waals surface area contributed by atoms with Gasteiger partial charge in [0.2, 0.25) is 5.13 Å². The summed E-state index contributed by atoms with van der Waals surface area (Å²) < 4.78 is 117. The van der Waals surface area contributed by atoms with Crippen molar-refractivity contribution in [1.29, 1.82) is 0 Å². The van der Waals surface area contributed by atoms with Crippen LogP contribution in [0.25, 0.3) is 10.2 Å². The van der Waals surface area contributed by atoms with E-state index in [4.69, 9.17) is 0 Å². The Morgan fingerprint density at radius 1 is 1.00 bits per heavy atom. The molecular weight excluding hydrogens is 425 g/mol. The lowest BCUT2D eigenvalue weighted by Crippen LogP contribution is -2.61. The highest BCUT2D eigenvalue weighted by Crippen LogP contribution is 2.54. The van der Waals surface area contributed by atoms with Gasteiger partial charge in [0, 0.05) is 12.6 Å². The van der Waals surface area contributed by atoms with Crippen molar-refractivity contribution in [3.8, 4) is 0 Å². The summed E-state index contributed by atoms with van der Waals surface area (Å²) in [5, 5.41) is 4.38. The summed E-state index contributed by atoms with van der Waals surface area (Å²) in [6.45, 7) is 0.297. The zero-order valence-corrected chi connectivity index (χ0v) is 14.8. The summed E-state index contributed by atoms with van der Waals surface area (Å²) in [7, 11) is 0. The van der Waals surface area contributed by atoms with E-state index in [1.807, 2.05) is 0 Å². The lowest BCUT2D eigenvalue weighted by Gasteiger charge is -2.34. The number of alkyl halides is 9. The van der Waals surface area contributed by atoms with Crippen LogP contribution in [0.1, 0.15) is 13.3 Å². The van der Waals surface area contributed by atoms with Gasteiger partial charge in [0.15, 0.2) is 0 Å². The molecule has 0 aliphatic carbocycles. The number of fused-ring (bicyclic) bond motifs is 1. The van der Waals surface area contributed by atoms with Gasteiger partial charge < -0.3 is 0 Å². The zero-order chi connectivity index (χ0) is 21.4. The minimum Gasteiger partial charge on any atom is -0.239 e. The third-order valence-electron chi connectivity index (χ3n) is 3.61. The van der Waals surface area contributed by atoms with E-state index < -0.39 is 36.9 Å². The summed E-state index contributed by atoms with van der Waals surface area (Å²) >= 11 is 0.954.